The first-order valence-electron chi connectivity index (χ1n) is 9.47. The number of methoxy groups -OCH3 is 1. The number of piperazine rings is 1. The van der Waals surface area contributed by atoms with E-state index >= 15 is 0 Å². The van der Waals surface area contributed by atoms with Gasteiger partial charge in [-0.05, 0) is 37.3 Å². The van der Waals surface area contributed by atoms with Gasteiger partial charge in [-0.3, -0.25) is 9.69 Å². The van der Waals surface area contributed by atoms with Crippen molar-refractivity contribution < 1.29 is 18.7 Å². The Morgan fingerprint density at radius 1 is 1.00 bits per heavy atom. The van der Waals surface area contributed by atoms with Gasteiger partial charge in [0, 0.05) is 43.6 Å². The molecule has 154 valence electrons. The van der Waals surface area contributed by atoms with E-state index in [1.807, 2.05) is 17.0 Å². The molecule has 1 unspecified atom stereocenters. The van der Waals surface area contributed by atoms with Crippen LogP contribution >= 0.6 is 0 Å². The van der Waals surface area contributed by atoms with Gasteiger partial charge in [0.05, 0.1) is 13.2 Å². The molecule has 0 saturated carbocycles. The fourth-order valence-electron chi connectivity index (χ4n) is 3.19. The molecule has 1 aliphatic heterocycles. The van der Waals surface area contributed by atoms with E-state index in [4.69, 9.17) is 4.74 Å². The normalized spacial score (nSPS) is 15.5. The number of hydrogen-bond acceptors (Lipinski definition) is 4. The molecule has 8 heteroatoms. The zero-order chi connectivity index (χ0) is 20.8. The van der Waals surface area contributed by atoms with Gasteiger partial charge in [0.25, 0.3) is 0 Å². The number of nitrogens with zero attached hydrogens (tertiary/aromatic N) is 2. The van der Waals surface area contributed by atoms with Crippen LogP contribution in [0.25, 0.3) is 0 Å². The molecule has 0 radical (unpaired) electrons. The first-order valence-corrected chi connectivity index (χ1v) is 9.47. The molecule has 2 N–H and O–H groups in total. The summed E-state index contributed by atoms with van der Waals surface area (Å²) in [7, 11) is 1.58. The van der Waals surface area contributed by atoms with Crippen molar-refractivity contribution in [1.29, 1.82) is 0 Å². The van der Waals surface area contributed by atoms with Crippen LogP contribution in [0.4, 0.5) is 20.6 Å². The van der Waals surface area contributed by atoms with Crippen LogP contribution in [0.15, 0.2) is 48.5 Å². The number of benzene rings is 2. The van der Waals surface area contributed by atoms with E-state index < -0.39 is 5.82 Å². The minimum atomic E-state index is -0.397. The Morgan fingerprint density at radius 3 is 2.31 bits per heavy atom. The van der Waals surface area contributed by atoms with Crippen molar-refractivity contribution in [3.05, 3.63) is 54.3 Å². The topological polar surface area (TPSA) is 73.9 Å². The fraction of sp³-hybridized carbons (Fsp3) is 0.333. The van der Waals surface area contributed by atoms with E-state index in [9.17, 15) is 14.0 Å². The van der Waals surface area contributed by atoms with Crippen molar-refractivity contribution in [3.63, 3.8) is 0 Å². The molecule has 1 fully saturated rings. The lowest BCUT2D eigenvalue weighted by atomic mass is 10.2. The molecule has 0 spiro atoms. The maximum atomic E-state index is 13.3. The summed E-state index contributed by atoms with van der Waals surface area (Å²) in [5.74, 6) is 0.0711. The van der Waals surface area contributed by atoms with E-state index in [-0.39, 0.29) is 18.0 Å². The van der Waals surface area contributed by atoms with Gasteiger partial charge >= 0.3 is 6.03 Å². The van der Waals surface area contributed by atoms with Crippen LogP contribution in [0.2, 0.25) is 0 Å². The second-order valence-electron chi connectivity index (χ2n) is 6.86. The van der Waals surface area contributed by atoms with Gasteiger partial charge in [0.2, 0.25) is 5.91 Å². The average molecular weight is 400 g/mol. The van der Waals surface area contributed by atoms with Gasteiger partial charge in [-0.2, -0.15) is 0 Å². The van der Waals surface area contributed by atoms with E-state index in [1.54, 1.807) is 43.2 Å². The Balaban J connectivity index is 1.50. The molecule has 3 amide bonds. The van der Waals surface area contributed by atoms with Crippen molar-refractivity contribution in [1.82, 2.24) is 9.80 Å². The van der Waals surface area contributed by atoms with Gasteiger partial charge in [0.15, 0.2) is 0 Å². The Hall–Kier alpha value is -3.13. The molecular formula is C21H25FN4O3. The van der Waals surface area contributed by atoms with E-state index in [2.05, 4.69) is 10.6 Å². The average Bonchev–Trinajstić information content (AvgIpc) is 2.73. The van der Waals surface area contributed by atoms with Crippen molar-refractivity contribution in [2.45, 2.75) is 13.0 Å². The molecule has 1 heterocycles. The van der Waals surface area contributed by atoms with Crippen molar-refractivity contribution in [3.8, 4) is 5.75 Å². The number of urea groups is 1. The monoisotopic (exact) mass is 400 g/mol. The molecule has 1 aliphatic rings. The first kappa shape index (κ1) is 20.6. The zero-order valence-corrected chi connectivity index (χ0v) is 16.5. The van der Waals surface area contributed by atoms with Crippen LogP contribution in [0.5, 0.6) is 5.75 Å². The van der Waals surface area contributed by atoms with Gasteiger partial charge in [-0.25, -0.2) is 9.18 Å². The Labute approximate surface area is 169 Å². The predicted octanol–water partition coefficient (Wildman–Crippen LogP) is 3.01. The van der Waals surface area contributed by atoms with Gasteiger partial charge in [-0.1, -0.05) is 12.1 Å². The molecule has 0 bridgehead atoms. The van der Waals surface area contributed by atoms with Crippen LogP contribution in [-0.2, 0) is 4.79 Å². The number of carbonyl (C=O) groups excluding carboxylic acids is 2. The predicted molar refractivity (Wildman–Crippen MR) is 110 cm³/mol. The molecule has 7 nitrogen and oxygen atoms in total. The molecule has 1 saturated heterocycles. The smallest absolute Gasteiger partial charge is 0.321 e. The summed E-state index contributed by atoms with van der Waals surface area (Å²) >= 11 is 0. The SMILES string of the molecule is COc1cccc(NC(=O)N2CCN(C(C)C(=O)Nc3cccc(F)c3)CC2)c1. The number of hydrogen-bond donors (Lipinski definition) is 2. The van der Waals surface area contributed by atoms with Gasteiger partial charge < -0.3 is 20.3 Å². The summed E-state index contributed by atoms with van der Waals surface area (Å²) in [6.07, 6.45) is 0. The van der Waals surface area contributed by atoms with Crippen LogP contribution in [0.1, 0.15) is 6.92 Å². The molecule has 0 aliphatic carbocycles. The van der Waals surface area contributed by atoms with Crippen molar-refractivity contribution >= 4 is 23.3 Å². The fourth-order valence-corrected chi connectivity index (χ4v) is 3.19. The number of nitrogens with one attached hydrogen (secondary N) is 2. The third-order valence-corrected chi connectivity index (χ3v) is 4.94. The Kier molecular flexibility index (Phi) is 6.66. The maximum Gasteiger partial charge on any atom is 0.321 e. The van der Waals surface area contributed by atoms with Gasteiger partial charge in [0.1, 0.15) is 11.6 Å². The standard InChI is InChI=1S/C21H25FN4O3/c1-15(20(27)23-17-6-3-5-16(22)13-17)25-9-11-26(12-10-25)21(28)24-18-7-4-8-19(14-18)29-2/h3-8,13-15H,9-12H2,1-2H3,(H,23,27)(H,24,28). The minimum Gasteiger partial charge on any atom is -0.497 e. The van der Waals surface area contributed by atoms with Crippen LogP contribution < -0.4 is 15.4 Å². The first-order chi connectivity index (χ1) is 14.0. The van der Waals surface area contributed by atoms with Crippen LogP contribution in [-0.4, -0.2) is 61.1 Å². The summed E-state index contributed by atoms with van der Waals surface area (Å²) in [5, 5.41) is 5.60. The molecule has 0 aromatic heterocycles. The highest BCUT2D eigenvalue weighted by atomic mass is 19.1. The summed E-state index contributed by atoms with van der Waals surface area (Å²) in [6.45, 7) is 3.97. The number of rotatable bonds is 5. The summed E-state index contributed by atoms with van der Waals surface area (Å²) in [4.78, 5) is 28.7. The van der Waals surface area contributed by atoms with E-state index in [0.29, 0.717) is 43.3 Å². The number of carbonyl (C=O) groups is 2. The van der Waals surface area contributed by atoms with E-state index in [1.165, 1.54) is 12.1 Å². The number of amides is 3. The molecule has 2 aromatic rings. The highest BCUT2D eigenvalue weighted by Crippen LogP contribution is 2.18. The lowest BCUT2D eigenvalue weighted by Crippen LogP contribution is -2.54. The summed E-state index contributed by atoms with van der Waals surface area (Å²) in [5.41, 5.74) is 1.10. The molecule has 29 heavy (non-hydrogen) atoms. The number of ether oxygens (including phenoxy) is 1. The Morgan fingerprint density at radius 2 is 1.66 bits per heavy atom. The lowest BCUT2D eigenvalue weighted by molar-refractivity contribution is -0.121. The van der Waals surface area contributed by atoms with Crippen molar-refractivity contribution in [2.24, 2.45) is 0 Å². The quantitative estimate of drug-likeness (QED) is 0.809. The van der Waals surface area contributed by atoms with Crippen LogP contribution in [0, 0.1) is 5.82 Å². The largest absolute Gasteiger partial charge is 0.497 e. The second kappa shape index (κ2) is 9.38. The molecule has 3 rings (SSSR count). The zero-order valence-electron chi connectivity index (χ0n) is 16.5. The highest BCUT2D eigenvalue weighted by Gasteiger charge is 2.27. The highest BCUT2D eigenvalue weighted by molar-refractivity contribution is 5.94. The van der Waals surface area contributed by atoms with Crippen molar-refractivity contribution in [2.75, 3.05) is 43.9 Å². The van der Waals surface area contributed by atoms with Gasteiger partial charge in [-0.15, -0.1) is 0 Å². The molecule has 1 atom stereocenters. The lowest BCUT2D eigenvalue weighted by Gasteiger charge is -2.37. The molecular weight excluding hydrogens is 375 g/mol. The third-order valence-electron chi connectivity index (χ3n) is 4.94. The number of halogens is 1. The third kappa shape index (κ3) is 5.45. The maximum absolute atomic E-state index is 13.3. The molecule has 2 aromatic carbocycles. The van der Waals surface area contributed by atoms with E-state index in [0.717, 1.165) is 0 Å². The minimum absolute atomic E-state index is 0.185. The van der Waals surface area contributed by atoms with Crippen LogP contribution in [0.3, 0.4) is 0 Å². The second-order valence-corrected chi connectivity index (χ2v) is 6.86. The summed E-state index contributed by atoms with van der Waals surface area (Å²) < 4.78 is 18.4. The number of anilines is 2. The summed E-state index contributed by atoms with van der Waals surface area (Å²) in [6, 6.07) is 12.4. The Bertz CT molecular complexity index is 869.